The second kappa shape index (κ2) is 3.89. The first-order chi connectivity index (χ1) is 10.3. The maximum Gasteiger partial charge on any atom is 0.0617 e. The van der Waals surface area contributed by atoms with Gasteiger partial charge in [0.05, 0.1) is 5.52 Å². The maximum absolute atomic E-state index is 3.70. The van der Waals surface area contributed by atoms with E-state index in [-0.39, 0.29) is 0 Å². The van der Waals surface area contributed by atoms with E-state index in [4.69, 9.17) is 0 Å². The van der Waals surface area contributed by atoms with Gasteiger partial charge in [-0.3, -0.25) is 0 Å². The van der Waals surface area contributed by atoms with Crippen LogP contribution in [0.1, 0.15) is 0 Å². The lowest BCUT2D eigenvalue weighted by atomic mass is 10.1. The summed E-state index contributed by atoms with van der Waals surface area (Å²) in [5, 5.41) is 5.12. The van der Waals surface area contributed by atoms with Crippen LogP contribution in [-0.2, 0) is 0 Å². The van der Waals surface area contributed by atoms with Crippen molar-refractivity contribution >= 4 is 59.5 Å². The Morgan fingerprint density at radius 2 is 1.29 bits per heavy atom. The third-order valence-electron chi connectivity index (χ3n) is 4.20. The second-order valence-electron chi connectivity index (χ2n) is 5.37. The Bertz CT molecular complexity index is 1150. The van der Waals surface area contributed by atoms with Crippen molar-refractivity contribution in [2.75, 3.05) is 0 Å². The molecule has 3 heteroatoms. The van der Waals surface area contributed by atoms with Gasteiger partial charge in [0, 0.05) is 42.6 Å². The van der Waals surface area contributed by atoms with E-state index < -0.39 is 0 Å². The molecule has 2 aromatic heterocycles. The summed E-state index contributed by atoms with van der Waals surface area (Å²) in [5.41, 5.74) is 4.68. The van der Waals surface area contributed by atoms with Crippen molar-refractivity contribution in [1.82, 2.24) is 9.97 Å². The van der Waals surface area contributed by atoms with Crippen LogP contribution in [-0.4, -0.2) is 9.97 Å². The summed E-state index contributed by atoms with van der Waals surface area (Å²) >= 11 is 3.70. The van der Waals surface area contributed by atoms with Gasteiger partial charge in [-0.25, -0.2) is 0 Å². The summed E-state index contributed by atoms with van der Waals surface area (Å²) < 4.78 is 1.09. The minimum atomic E-state index is 1.09. The SMILES string of the molecule is Brc1cc2[nH]c3ccccc3c2c2c1[nH]c1ccccc12. The van der Waals surface area contributed by atoms with Crippen molar-refractivity contribution in [3.63, 3.8) is 0 Å². The van der Waals surface area contributed by atoms with Gasteiger partial charge in [0.25, 0.3) is 0 Å². The molecule has 0 aliphatic heterocycles. The molecule has 2 N–H and O–H groups in total. The molecule has 0 fully saturated rings. The van der Waals surface area contributed by atoms with Gasteiger partial charge in [-0.05, 0) is 34.1 Å². The zero-order valence-electron chi connectivity index (χ0n) is 11.1. The van der Waals surface area contributed by atoms with Gasteiger partial charge in [0.15, 0.2) is 0 Å². The van der Waals surface area contributed by atoms with Gasteiger partial charge in [-0.2, -0.15) is 0 Å². The van der Waals surface area contributed by atoms with E-state index in [9.17, 15) is 0 Å². The van der Waals surface area contributed by atoms with Gasteiger partial charge in [-0.15, -0.1) is 0 Å². The predicted molar refractivity (Wildman–Crippen MR) is 92.9 cm³/mol. The molecule has 5 aromatic rings. The van der Waals surface area contributed by atoms with E-state index in [0.717, 1.165) is 9.99 Å². The Balaban J connectivity index is 2.21. The van der Waals surface area contributed by atoms with Crippen LogP contribution >= 0.6 is 15.9 Å². The van der Waals surface area contributed by atoms with Crippen molar-refractivity contribution in [3.8, 4) is 0 Å². The summed E-state index contributed by atoms with van der Waals surface area (Å²) in [4.78, 5) is 7.05. The number of aromatic nitrogens is 2. The molecule has 0 amide bonds. The van der Waals surface area contributed by atoms with Gasteiger partial charge in [0.2, 0.25) is 0 Å². The first kappa shape index (κ1) is 11.4. The number of fused-ring (bicyclic) bond motifs is 7. The van der Waals surface area contributed by atoms with E-state index in [1.807, 2.05) is 0 Å². The summed E-state index contributed by atoms with van der Waals surface area (Å²) in [6.07, 6.45) is 0. The molecule has 0 spiro atoms. The smallest absolute Gasteiger partial charge is 0.0617 e. The predicted octanol–water partition coefficient (Wildman–Crippen LogP) is 5.72. The van der Waals surface area contributed by atoms with Crippen LogP contribution < -0.4 is 0 Å². The number of aromatic amines is 2. The number of halogens is 1. The van der Waals surface area contributed by atoms with E-state index >= 15 is 0 Å². The molecule has 0 saturated carbocycles. The Morgan fingerprint density at radius 3 is 2.05 bits per heavy atom. The molecule has 0 saturated heterocycles. The lowest BCUT2D eigenvalue weighted by Crippen LogP contribution is -1.74. The third kappa shape index (κ3) is 1.41. The van der Waals surface area contributed by atoms with Crippen LogP contribution in [0.25, 0.3) is 43.6 Å². The Hall–Kier alpha value is -2.26. The maximum atomic E-state index is 3.70. The second-order valence-corrected chi connectivity index (χ2v) is 6.23. The number of nitrogens with one attached hydrogen (secondary N) is 2. The molecule has 100 valence electrons. The molecule has 0 aliphatic carbocycles. The molecule has 0 unspecified atom stereocenters. The summed E-state index contributed by atoms with van der Waals surface area (Å²) in [6, 6.07) is 19.1. The highest BCUT2D eigenvalue weighted by molar-refractivity contribution is 9.10. The minimum absolute atomic E-state index is 1.09. The van der Waals surface area contributed by atoms with Crippen LogP contribution in [0.15, 0.2) is 59.1 Å². The molecule has 0 atom stereocenters. The van der Waals surface area contributed by atoms with Crippen molar-refractivity contribution in [2.24, 2.45) is 0 Å². The number of benzene rings is 3. The third-order valence-corrected chi connectivity index (χ3v) is 4.83. The van der Waals surface area contributed by atoms with Gasteiger partial charge in [0.1, 0.15) is 0 Å². The lowest BCUT2D eigenvalue weighted by Gasteiger charge is -1.99. The van der Waals surface area contributed by atoms with Crippen molar-refractivity contribution < 1.29 is 0 Å². The molecule has 5 rings (SSSR count). The molecular formula is C18H11BrN2. The van der Waals surface area contributed by atoms with Crippen LogP contribution in [0.3, 0.4) is 0 Å². The molecule has 0 radical (unpaired) electrons. The monoisotopic (exact) mass is 334 g/mol. The zero-order chi connectivity index (χ0) is 14.0. The standard InChI is InChI=1S/C18H11BrN2/c19-12-9-15-16(10-5-1-3-7-13(10)20-15)17-11-6-2-4-8-14(11)21-18(12)17/h1-9,20-21H. The normalized spacial score (nSPS) is 12.0. The van der Waals surface area contributed by atoms with Crippen LogP contribution in [0.5, 0.6) is 0 Å². The van der Waals surface area contributed by atoms with E-state index in [1.54, 1.807) is 0 Å². The molecule has 21 heavy (non-hydrogen) atoms. The number of para-hydroxylation sites is 2. The molecule has 2 heterocycles. The highest BCUT2D eigenvalue weighted by atomic mass is 79.9. The molecular weight excluding hydrogens is 324 g/mol. The van der Waals surface area contributed by atoms with E-state index in [0.29, 0.717) is 0 Å². The molecule has 0 bridgehead atoms. The topological polar surface area (TPSA) is 31.6 Å². The Labute approximate surface area is 128 Å². The average Bonchev–Trinajstić information content (AvgIpc) is 3.05. The number of H-pyrrole nitrogens is 2. The first-order valence-corrected chi connectivity index (χ1v) is 7.71. The van der Waals surface area contributed by atoms with Gasteiger partial charge >= 0.3 is 0 Å². The zero-order valence-corrected chi connectivity index (χ0v) is 12.7. The fourth-order valence-electron chi connectivity index (χ4n) is 3.32. The molecule has 0 aliphatic rings. The molecule has 2 nitrogen and oxygen atoms in total. The molecule has 3 aromatic carbocycles. The Morgan fingerprint density at radius 1 is 0.667 bits per heavy atom. The van der Waals surface area contributed by atoms with Crippen molar-refractivity contribution in [1.29, 1.82) is 0 Å². The van der Waals surface area contributed by atoms with Crippen LogP contribution in [0.2, 0.25) is 0 Å². The van der Waals surface area contributed by atoms with Crippen LogP contribution in [0, 0.1) is 0 Å². The van der Waals surface area contributed by atoms with E-state index in [2.05, 4.69) is 80.5 Å². The lowest BCUT2D eigenvalue weighted by molar-refractivity contribution is 1.52. The minimum Gasteiger partial charge on any atom is -0.354 e. The largest absolute Gasteiger partial charge is 0.354 e. The Kier molecular flexibility index (Phi) is 2.11. The fraction of sp³-hybridized carbons (Fsp3) is 0. The highest BCUT2D eigenvalue weighted by Gasteiger charge is 2.14. The number of hydrogen-bond donors (Lipinski definition) is 2. The summed E-state index contributed by atoms with van der Waals surface area (Å²) in [7, 11) is 0. The average molecular weight is 335 g/mol. The fourth-order valence-corrected chi connectivity index (χ4v) is 3.85. The number of rotatable bonds is 0. The van der Waals surface area contributed by atoms with Crippen molar-refractivity contribution in [2.45, 2.75) is 0 Å². The first-order valence-electron chi connectivity index (χ1n) is 6.92. The van der Waals surface area contributed by atoms with Crippen molar-refractivity contribution in [3.05, 3.63) is 59.1 Å². The summed E-state index contributed by atoms with van der Waals surface area (Å²) in [5.74, 6) is 0. The quantitative estimate of drug-likeness (QED) is 0.363. The van der Waals surface area contributed by atoms with E-state index in [1.165, 1.54) is 38.1 Å². The summed E-state index contributed by atoms with van der Waals surface area (Å²) in [6.45, 7) is 0. The number of hydrogen-bond acceptors (Lipinski definition) is 0. The van der Waals surface area contributed by atoms with Gasteiger partial charge < -0.3 is 9.97 Å². The highest BCUT2D eigenvalue weighted by Crippen LogP contribution is 2.39. The van der Waals surface area contributed by atoms with Gasteiger partial charge in [-0.1, -0.05) is 36.4 Å². The van der Waals surface area contributed by atoms with Crippen LogP contribution in [0.4, 0.5) is 0 Å².